The topological polar surface area (TPSA) is 172 Å². The SMILES string of the molecule is CC(Nc1nc(N)nc(N)c1C#N)c1nc2cccc(Cl)c2c(=O)n1CCCC#N. The highest BCUT2D eigenvalue weighted by Gasteiger charge is 2.20. The van der Waals surface area contributed by atoms with Crippen LogP contribution in [0.5, 0.6) is 0 Å². The maximum atomic E-state index is 13.2. The van der Waals surface area contributed by atoms with Crippen LogP contribution in [-0.4, -0.2) is 19.5 Å². The molecule has 1 unspecified atom stereocenters. The lowest BCUT2D eigenvalue weighted by Gasteiger charge is -2.20. The van der Waals surface area contributed by atoms with Crippen molar-refractivity contribution >= 4 is 40.1 Å². The standard InChI is InChI=1S/C19H18ClN9O/c1-10(25-16-11(9-22)15(23)27-19(24)28-16)17-26-13-6-4-5-12(20)14(13)18(30)29(17)8-3-2-7-21/h4-6,10H,2-3,8H2,1H3,(H5,23,24,25,27,28). The van der Waals surface area contributed by atoms with Crippen molar-refractivity contribution in [3.05, 3.63) is 45.0 Å². The highest BCUT2D eigenvalue weighted by Crippen LogP contribution is 2.25. The number of halogens is 1. The molecule has 0 aliphatic carbocycles. The minimum Gasteiger partial charge on any atom is -0.382 e. The lowest BCUT2D eigenvalue weighted by atomic mass is 10.2. The molecule has 0 radical (unpaired) electrons. The number of nitrogen functional groups attached to an aromatic ring is 2. The van der Waals surface area contributed by atoms with Crippen molar-refractivity contribution in [2.75, 3.05) is 16.8 Å². The summed E-state index contributed by atoms with van der Waals surface area (Å²) in [5.41, 5.74) is 11.6. The molecule has 5 N–H and O–H groups in total. The molecule has 3 rings (SSSR count). The maximum Gasteiger partial charge on any atom is 0.262 e. The molecule has 3 aromatic rings. The third-order valence-corrected chi connectivity index (χ3v) is 4.75. The predicted octanol–water partition coefficient (Wildman–Crippen LogP) is 2.35. The largest absolute Gasteiger partial charge is 0.382 e. The van der Waals surface area contributed by atoms with Crippen molar-refractivity contribution in [1.82, 2.24) is 19.5 Å². The molecule has 1 aromatic carbocycles. The molecular formula is C19H18ClN9O. The van der Waals surface area contributed by atoms with Gasteiger partial charge in [0.25, 0.3) is 5.56 Å². The van der Waals surface area contributed by atoms with E-state index < -0.39 is 6.04 Å². The first-order valence-electron chi connectivity index (χ1n) is 9.03. The Morgan fingerprint density at radius 2 is 2.03 bits per heavy atom. The quantitative estimate of drug-likeness (QED) is 0.502. The normalized spacial score (nSPS) is 11.6. The van der Waals surface area contributed by atoms with E-state index in [0.717, 1.165) is 0 Å². The van der Waals surface area contributed by atoms with Gasteiger partial charge in [-0.25, -0.2) is 4.98 Å². The zero-order valence-electron chi connectivity index (χ0n) is 16.1. The lowest BCUT2D eigenvalue weighted by molar-refractivity contribution is 0.570. The first kappa shape index (κ1) is 20.8. The molecule has 0 fully saturated rings. The molecule has 30 heavy (non-hydrogen) atoms. The fourth-order valence-corrected chi connectivity index (χ4v) is 3.33. The number of nitriles is 2. The van der Waals surface area contributed by atoms with Crippen LogP contribution in [0.4, 0.5) is 17.6 Å². The Kier molecular flexibility index (Phi) is 6.00. The van der Waals surface area contributed by atoms with Gasteiger partial charge in [-0.15, -0.1) is 0 Å². The van der Waals surface area contributed by atoms with E-state index >= 15 is 0 Å². The fourth-order valence-electron chi connectivity index (χ4n) is 3.08. The highest BCUT2D eigenvalue weighted by atomic mass is 35.5. The number of nitrogens with one attached hydrogen (secondary N) is 1. The van der Waals surface area contributed by atoms with E-state index in [9.17, 15) is 10.1 Å². The Morgan fingerprint density at radius 1 is 1.27 bits per heavy atom. The number of benzene rings is 1. The molecule has 0 bridgehead atoms. The Hall–Kier alpha value is -3.89. The van der Waals surface area contributed by atoms with E-state index in [0.29, 0.717) is 28.2 Å². The van der Waals surface area contributed by atoms with Crippen molar-refractivity contribution in [1.29, 1.82) is 10.5 Å². The van der Waals surface area contributed by atoms with Crippen molar-refractivity contribution < 1.29 is 0 Å². The summed E-state index contributed by atoms with van der Waals surface area (Å²) in [5, 5.41) is 21.9. The summed E-state index contributed by atoms with van der Waals surface area (Å²) in [4.78, 5) is 25.6. The molecule has 0 aliphatic rings. The Bertz CT molecular complexity index is 1260. The van der Waals surface area contributed by atoms with E-state index in [1.807, 2.05) is 6.07 Å². The third kappa shape index (κ3) is 3.95. The van der Waals surface area contributed by atoms with Crippen LogP contribution < -0.4 is 22.3 Å². The molecule has 0 saturated carbocycles. The number of anilines is 3. The lowest BCUT2D eigenvalue weighted by Crippen LogP contribution is -2.29. The summed E-state index contributed by atoms with van der Waals surface area (Å²) in [6.07, 6.45) is 0.746. The fraction of sp³-hybridized carbons (Fsp3) is 0.263. The molecule has 11 heteroatoms. The number of hydrogen-bond donors (Lipinski definition) is 3. The zero-order chi connectivity index (χ0) is 21.8. The smallest absolute Gasteiger partial charge is 0.262 e. The summed E-state index contributed by atoms with van der Waals surface area (Å²) >= 11 is 6.23. The number of rotatable bonds is 6. The summed E-state index contributed by atoms with van der Waals surface area (Å²) in [5.74, 6) is 0.390. The minimum atomic E-state index is -0.552. The number of fused-ring (bicyclic) bond motifs is 1. The Labute approximate surface area is 176 Å². The average Bonchev–Trinajstić information content (AvgIpc) is 2.69. The van der Waals surface area contributed by atoms with Gasteiger partial charge in [-0.05, 0) is 25.5 Å². The van der Waals surface area contributed by atoms with Gasteiger partial charge in [-0.1, -0.05) is 17.7 Å². The van der Waals surface area contributed by atoms with Crippen molar-refractivity contribution in [3.8, 4) is 12.1 Å². The minimum absolute atomic E-state index is 0.0401. The molecule has 10 nitrogen and oxygen atoms in total. The van der Waals surface area contributed by atoms with Gasteiger partial charge in [0, 0.05) is 13.0 Å². The van der Waals surface area contributed by atoms with Crippen LogP contribution in [0.25, 0.3) is 10.9 Å². The van der Waals surface area contributed by atoms with Gasteiger partial charge in [0.15, 0.2) is 5.82 Å². The van der Waals surface area contributed by atoms with Crippen LogP contribution >= 0.6 is 11.6 Å². The van der Waals surface area contributed by atoms with Gasteiger partial charge in [-0.2, -0.15) is 20.5 Å². The summed E-state index contributed by atoms with van der Waals surface area (Å²) in [7, 11) is 0. The van der Waals surface area contributed by atoms with Crippen LogP contribution in [-0.2, 0) is 6.54 Å². The summed E-state index contributed by atoms with van der Waals surface area (Å²) in [6, 6.07) is 8.48. The number of aromatic nitrogens is 4. The van der Waals surface area contributed by atoms with Gasteiger partial charge >= 0.3 is 0 Å². The van der Waals surface area contributed by atoms with Gasteiger partial charge in [-0.3, -0.25) is 9.36 Å². The van der Waals surface area contributed by atoms with Gasteiger partial charge < -0.3 is 16.8 Å². The molecule has 2 aromatic heterocycles. The molecule has 2 heterocycles. The third-order valence-electron chi connectivity index (χ3n) is 4.44. The molecule has 152 valence electrons. The molecular weight excluding hydrogens is 406 g/mol. The van der Waals surface area contributed by atoms with Crippen LogP contribution in [0.1, 0.15) is 37.2 Å². The van der Waals surface area contributed by atoms with E-state index in [2.05, 4.69) is 26.3 Å². The second-order valence-corrected chi connectivity index (χ2v) is 6.90. The number of hydrogen-bond acceptors (Lipinski definition) is 9. The van der Waals surface area contributed by atoms with E-state index in [1.54, 1.807) is 25.1 Å². The number of unbranched alkanes of at least 4 members (excludes halogenated alkanes) is 1. The van der Waals surface area contributed by atoms with Gasteiger partial charge in [0.05, 0.1) is 28.0 Å². The van der Waals surface area contributed by atoms with E-state index in [-0.39, 0.29) is 41.7 Å². The zero-order valence-corrected chi connectivity index (χ0v) is 16.8. The van der Waals surface area contributed by atoms with Crippen molar-refractivity contribution in [3.63, 3.8) is 0 Å². The Balaban J connectivity index is 2.13. The monoisotopic (exact) mass is 423 g/mol. The van der Waals surface area contributed by atoms with E-state index in [4.69, 9.17) is 28.3 Å². The first-order valence-corrected chi connectivity index (χ1v) is 9.40. The second-order valence-electron chi connectivity index (χ2n) is 6.49. The molecule has 0 saturated heterocycles. The van der Waals surface area contributed by atoms with Crippen LogP contribution in [0, 0.1) is 22.7 Å². The van der Waals surface area contributed by atoms with Crippen molar-refractivity contribution in [2.24, 2.45) is 0 Å². The maximum absolute atomic E-state index is 13.2. The Morgan fingerprint density at radius 3 is 2.73 bits per heavy atom. The predicted molar refractivity (Wildman–Crippen MR) is 113 cm³/mol. The van der Waals surface area contributed by atoms with Gasteiger partial charge in [0.2, 0.25) is 5.95 Å². The van der Waals surface area contributed by atoms with Crippen LogP contribution in [0.15, 0.2) is 23.0 Å². The number of nitrogens with two attached hydrogens (primary N) is 2. The van der Waals surface area contributed by atoms with Crippen LogP contribution in [0.2, 0.25) is 5.02 Å². The molecule has 0 amide bonds. The van der Waals surface area contributed by atoms with Gasteiger partial charge in [0.1, 0.15) is 23.3 Å². The first-order chi connectivity index (χ1) is 14.4. The molecule has 0 spiro atoms. The highest BCUT2D eigenvalue weighted by molar-refractivity contribution is 6.35. The summed E-state index contributed by atoms with van der Waals surface area (Å²) in [6.45, 7) is 2.04. The number of nitrogens with zero attached hydrogens (tertiary/aromatic N) is 6. The molecule has 1 atom stereocenters. The molecule has 0 aliphatic heterocycles. The summed E-state index contributed by atoms with van der Waals surface area (Å²) < 4.78 is 1.48. The average molecular weight is 424 g/mol. The second kappa shape index (κ2) is 8.64. The van der Waals surface area contributed by atoms with E-state index in [1.165, 1.54) is 4.57 Å². The van der Waals surface area contributed by atoms with Crippen molar-refractivity contribution in [2.45, 2.75) is 32.4 Å². The van der Waals surface area contributed by atoms with Crippen LogP contribution in [0.3, 0.4) is 0 Å².